The third-order valence-corrected chi connectivity index (χ3v) is 4.03. The molecule has 0 bridgehead atoms. The summed E-state index contributed by atoms with van der Waals surface area (Å²) >= 11 is 5.80. The van der Waals surface area contributed by atoms with Crippen LogP contribution in [0.1, 0.15) is 22.8 Å². The van der Waals surface area contributed by atoms with Gasteiger partial charge >= 0.3 is 5.97 Å². The Morgan fingerprint density at radius 1 is 1.23 bits per heavy atom. The standard InChI is InChI=1S/C18H17ClN2O5/c1-10(26-18(23)13-4-3-12(19)7-14(13)20)17(22)21-8-11-2-5-15-16(6-11)25-9-24-15/h2-7,10H,8-9,20H2,1H3,(H,21,22)/t10-/m1/s1. The number of rotatable bonds is 5. The van der Waals surface area contributed by atoms with E-state index in [1.165, 1.54) is 25.1 Å². The summed E-state index contributed by atoms with van der Waals surface area (Å²) in [6.07, 6.45) is -0.980. The fourth-order valence-electron chi connectivity index (χ4n) is 2.38. The molecule has 3 rings (SSSR count). The predicted molar refractivity (Wildman–Crippen MR) is 95.2 cm³/mol. The Morgan fingerprint density at radius 3 is 2.77 bits per heavy atom. The van der Waals surface area contributed by atoms with E-state index in [1.807, 2.05) is 6.07 Å². The third-order valence-electron chi connectivity index (χ3n) is 3.79. The summed E-state index contributed by atoms with van der Waals surface area (Å²) < 4.78 is 15.7. The molecule has 3 N–H and O–H groups in total. The molecule has 0 unspecified atom stereocenters. The maximum Gasteiger partial charge on any atom is 0.341 e. The molecule has 1 aliphatic heterocycles. The molecular weight excluding hydrogens is 360 g/mol. The van der Waals surface area contributed by atoms with Gasteiger partial charge in [0.05, 0.1) is 5.56 Å². The molecule has 8 heteroatoms. The van der Waals surface area contributed by atoms with Crippen molar-refractivity contribution in [3.8, 4) is 11.5 Å². The zero-order valence-electron chi connectivity index (χ0n) is 14.0. The van der Waals surface area contributed by atoms with Gasteiger partial charge in [-0.15, -0.1) is 0 Å². The Bertz CT molecular complexity index is 855. The lowest BCUT2D eigenvalue weighted by Gasteiger charge is -2.14. The van der Waals surface area contributed by atoms with Crippen molar-refractivity contribution in [2.24, 2.45) is 0 Å². The zero-order chi connectivity index (χ0) is 18.7. The molecule has 0 fully saturated rings. The van der Waals surface area contributed by atoms with Crippen LogP contribution in [0.5, 0.6) is 11.5 Å². The smallest absolute Gasteiger partial charge is 0.341 e. The summed E-state index contributed by atoms with van der Waals surface area (Å²) in [6.45, 7) is 1.94. The first-order valence-corrected chi connectivity index (χ1v) is 8.24. The van der Waals surface area contributed by atoms with E-state index >= 15 is 0 Å². The number of hydrogen-bond acceptors (Lipinski definition) is 6. The topological polar surface area (TPSA) is 99.9 Å². The molecule has 1 amide bonds. The number of halogens is 1. The highest BCUT2D eigenvalue weighted by Gasteiger charge is 2.21. The van der Waals surface area contributed by atoms with Crippen molar-refractivity contribution >= 4 is 29.2 Å². The second-order valence-corrected chi connectivity index (χ2v) is 6.12. The van der Waals surface area contributed by atoms with Gasteiger partial charge < -0.3 is 25.3 Å². The second kappa shape index (κ2) is 7.53. The molecule has 26 heavy (non-hydrogen) atoms. The van der Waals surface area contributed by atoms with Crippen LogP contribution >= 0.6 is 11.6 Å². The molecule has 136 valence electrons. The summed E-state index contributed by atoms with van der Waals surface area (Å²) in [5.74, 6) is 0.186. The molecule has 0 aliphatic carbocycles. The molecule has 0 spiro atoms. The van der Waals surface area contributed by atoms with Crippen molar-refractivity contribution in [2.75, 3.05) is 12.5 Å². The van der Waals surface area contributed by atoms with Crippen LogP contribution in [0.15, 0.2) is 36.4 Å². The lowest BCUT2D eigenvalue weighted by molar-refractivity contribution is -0.129. The van der Waals surface area contributed by atoms with E-state index in [1.54, 1.807) is 12.1 Å². The lowest BCUT2D eigenvalue weighted by Crippen LogP contribution is -2.35. The first kappa shape index (κ1) is 17.9. The van der Waals surface area contributed by atoms with Gasteiger partial charge in [-0.1, -0.05) is 17.7 Å². The molecule has 1 atom stereocenters. The third kappa shape index (κ3) is 4.00. The quantitative estimate of drug-likeness (QED) is 0.614. The molecule has 0 radical (unpaired) electrons. The van der Waals surface area contributed by atoms with E-state index in [2.05, 4.69) is 5.32 Å². The van der Waals surface area contributed by atoms with Crippen LogP contribution in [0.2, 0.25) is 5.02 Å². The number of ether oxygens (including phenoxy) is 3. The summed E-state index contributed by atoms with van der Waals surface area (Å²) in [5.41, 5.74) is 6.93. The maximum atomic E-state index is 12.2. The first-order valence-electron chi connectivity index (χ1n) is 7.86. The Kier molecular flexibility index (Phi) is 5.18. The van der Waals surface area contributed by atoms with Crippen molar-refractivity contribution in [1.82, 2.24) is 5.32 Å². The minimum absolute atomic E-state index is 0.157. The summed E-state index contributed by atoms with van der Waals surface area (Å²) in [6, 6.07) is 9.81. The van der Waals surface area contributed by atoms with Gasteiger partial charge in [-0.25, -0.2) is 4.79 Å². The van der Waals surface area contributed by atoms with Gasteiger partial charge in [0.15, 0.2) is 17.6 Å². The van der Waals surface area contributed by atoms with Gasteiger partial charge in [0.1, 0.15) is 0 Å². The zero-order valence-corrected chi connectivity index (χ0v) is 14.7. The number of amides is 1. The van der Waals surface area contributed by atoms with Crippen LogP contribution in [0.4, 0.5) is 5.69 Å². The average Bonchev–Trinajstić information content (AvgIpc) is 3.07. The Hall–Kier alpha value is -2.93. The number of anilines is 1. The van der Waals surface area contributed by atoms with Crippen LogP contribution in [0.25, 0.3) is 0 Å². The molecule has 1 aliphatic rings. The van der Waals surface area contributed by atoms with Gasteiger partial charge in [0.2, 0.25) is 6.79 Å². The molecule has 2 aromatic carbocycles. The summed E-state index contributed by atoms with van der Waals surface area (Å²) in [7, 11) is 0. The molecule has 0 saturated carbocycles. The number of nitrogen functional groups attached to an aromatic ring is 1. The number of hydrogen-bond donors (Lipinski definition) is 2. The largest absolute Gasteiger partial charge is 0.454 e. The van der Waals surface area contributed by atoms with Crippen molar-refractivity contribution in [2.45, 2.75) is 19.6 Å². The van der Waals surface area contributed by atoms with E-state index < -0.39 is 18.0 Å². The average molecular weight is 377 g/mol. The van der Waals surface area contributed by atoms with Crippen molar-refractivity contribution in [3.05, 3.63) is 52.5 Å². The van der Waals surface area contributed by atoms with Gasteiger partial charge in [-0.3, -0.25) is 4.79 Å². The molecule has 7 nitrogen and oxygen atoms in total. The molecule has 0 aromatic heterocycles. The first-order chi connectivity index (χ1) is 12.4. The van der Waals surface area contributed by atoms with Gasteiger partial charge in [0, 0.05) is 17.3 Å². The van der Waals surface area contributed by atoms with Crippen LogP contribution in [0.3, 0.4) is 0 Å². The van der Waals surface area contributed by atoms with Crippen molar-refractivity contribution in [3.63, 3.8) is 0 Å². The predicted octanol–water partition coefficient (Wildman–Crippen LogP) is 2.51. The Labute approximate surface area is 155 Å². The number of nitrogens with one attached hydrogen (secondary N) is 1. The van der Waals surface area contributed by atoms with Crippen molar-refractivity contribution in [1.29, 1.82) is 0 Å². The highest BCUT2D eigenvalue weighted by atomic mass is 35.5. The van der Waals surface area contributed by atoms with Gasteiger partial charge in [-0.2, -0.15) is 0 Å². The minimum Gasteiger partial charge on any atom is -0.454 e. The number of carbonyl (C=O) groups is 2. The highest BCUT2D eigenvalue weighted by molar-refractivity contribution is 6.31. The second-order valence-electron chi connectivity index (χ2n) is 5.68. The normalized spacial score (nSPS) is 13.2. The number of esters is 1. The Morgan fingerprint density at radius 2 is 2.00 bits per heavy atom. The summed E-state index contributed by atoms with van der Waals surface area (Å²) in [4.78, 5) is 24.3. The number of benzene rings is 2. The molecule has 0 saturated heterocycles. The van der Waals surface area contributed by atoms with Crippen LogP contribution in [-0.2, 0) is 16.1 Å². The van der Waals surface area contributed by atoms with Crippen LogP contribution in [0, 0.1) is 0 Å². The summed E-state index contributed by atoms with van der Waals surface area (Å²) in [5, 5.41) is 3.12. The number of fused-ring (bicyclic) bond motifs is 1. The fraction of sp³-hybridized carbons (Fsp3) is 0.222. The molecule has 1 heterocycles. The van der Waals surface area contributed by atoms with Crippen molar-refractivity contribution < 1.29 is 23.8 Å². The van der Waals surface area contributed by atoms with E-state index in [-0.39, 0.29) is 24.6 Å². The van der Waals surface area contributed by atoms with E-state index in [0.717, 1.165) is 5.56 Å². The SMILES string of the molecule is C[C@@H](OC(=O)c1ccc(Cl)cc1N)C(=O)NCc1ccc2c(c1)OCO2. The van der Waals surface area contributed by atoms with E-state index in [4.69, 9.17) is 31.5 Å². The lowest BCUT2D eigenvalue weighted by atomic mass is 10.2. The number of nitrogens with two attached hydrogens (primary N) is 1. The van der Waals surface area contributed by atoms with E-state index in [0.29, 0.717) is 16.5 Å². The number of carbonyl (C=O) groups excluding carboxylic acids is 2. The van der Waals surface area contributed by atoms with Crippen LogP contribution < -0.4 is 20.5 Å². The minimum atomic E-state index is -0.980. The molecular formula is C18H17ClN2O5. The Balaban J connectivity index is 1.55. The fourth-order valence-corrected chi connectivity index (χ4v) is 2.56. The highest BCUT2D eigenvalue weighted by Crippen LogP contribution is 2.32. The monoisotopic (exact) mass is 376 g/mol. The van der Waals surface area contributed by atoms with Crippen LogP contribution in [-0.4, -0.2) is 24.8 Å². The molecule has 2 aromatic rings. The van der Waals surface area contributed by atoms with E-state index in [9.17, 15) is 9.59 Å². The maximum absolute atomic E-state index is 12.2. The van der Waals surface area contributed by atoms with Gasteiger partial charge in [-0.05, 0) is 42.8 Å². The van der Waals surface area contributed by atoms with Gasteiger partial charge in [0.25, 0.3) is 5.91 Å².